The first kappa shape index (κ1) is 35.6. The summed E-state index contributed by atoms with van der Waals surface area (Å²) in [5.41, 5.74) is 4.22. The van der Waals surface area contributed by atoms with Crippen molar-refractivity contribution in [3.63, 3.8) is 0 Å². The summed E-state index contributed by atoms with van der Waals surface area (Å²) in [4.78, 5) is 42.1. The highest BCUT2D eigenvalue weighted by Gasteiger charge is 2.39. The molecule has 1 aliphatic rings. The van der Waals surface area contributed by atoms with E-state index < -0.39 is 11.5 Å². The first-order valence-corrected chi connectivity index (χ1v) is 18.9. The average Bonchev–Trinajstić information content (AvgIpc) is 3.87. The molecule has 0 bridgehead atoms. The predicted molar refractivity (Wildman–Crippen MR) is 211 cm³/mol. The lowest BCUT2D eigenvalue weighted by atomic mass is 9.77. The Labute approximate surface area is 313 Å². The fraction of sp³-hybridized carbons (Fsp3) is 0.227. The summed E-state index contributed by atoms with van der Waals surface area (Å²) < 4.78 is 1.86. The number of carboxylic acid groups (broad SMARTS) is 1. The third kappa shape index (κ3) is 7.04. The number of anilines is 2. The van der Waals surface area contributed by atoms with Crippen molar-refractivity contribution in [2.24, 2.45) is 11.8 Å². The Bertz CT molecular complexity index is 2090. The molecule has 2 aromatic heterocycles. The summed E-state index contributed by atoms with van der Waals surface area (Å²) in [7, 11) is 0. The largest absolute Gasteiger partial charge is 0.477 e. The van der Waals surface area contributed by atoms with Crippen LogP contribution in [0.3, 0.4) is 0 Å². The number of carbonyl (C=O) groups is 3. The first-order chi connectivity index (χ1) is 25.8. The van der Waals surface area contributed by atoms with E-state index in [0.29, 0.717) is 23.8 Å². The minimum Gasteiger partial charge on any atom is -0.477 e. The van der Waals surface area contributed by atoms with Gasteiger partial charge in [-0.05, 0) is 85.0 Å². The molecule has 53 heavy (non-hydrogen) atoms. The van der Waals surface area contributed by atoms with Crippen LogP contribution in [-0.4, -0.2) is 39.2 Å². The minimum atomic E-state index is -1.06. The summed E-state index contributed by atoms with van der Waals surface area (Å²) in [6, 6.07) is 41.3. The van der Waals surface area contributed by atoms with Gasteiger partial charge in [0.1, 0.15) is 10.4 Å². The molecular formula is C44H42N4O4S. The van der Waals surface area contributed by atoms with Crippen LogP contribution < -0.4 is 10.2 Å². The highest BCUT2D eigenvalue weighted by atomic mass is 32.1. The van der Waals surface area contributed by atoms with Crippen LogP contribution in [0.15, 0.2) is 134 Å². The number of hydrogen-bond donors (Lipinski definition) is 2. The Morgan fingerprint density at radius 3 is 1.87 bits per heavy atom. The number of thiophene rings is 1. The number of carboxylic acids is 1. The Morgan fingerprint density at radius 1 is 0.811 bits per heavy atom. The summed E-state index contributed by atoms with van der Waals surface area (Å²) in [5.74, 6) is -0.892. The molecular weight excluding hydrogens is 681 g/mol. The van der Waals surface area contributed by atoms with E-state index in [1.54, 1.807) is 29.2 Å². The number of amides is 2. The van der Waals surface area contributed by atoms with E-state index in [9.17, 15) is 19.5 Å². The Hall–Kier alpha value is -5.80. The van der Waals surface area contributed by atoms with Gasteiger partial charge in [0.15, 0.2) is 5.69 Å². The summed E-state index contributed by atoms with van der Waals surface area (Å²) >= 11 is 1.15. The van der Waals surface area contributed by atoms with Gasteiger partial charge in [0.05, 0.1) is 5.69 Å². The summed E-state index contributed by atoms with van der Waals surface area (Å²) in [5, 5.41) is 18.0. The summed E-state index contributed by atoms with van der Waals surface area (Å²) in [6.45, 7) is 4.49. The zero-order valence-corrected chi connectivity index (χ0v) is 30.6. The molecule has 0 aliphatic heterocycles. The highest BCUT2D eigenvalue weighted by molar-refractivity contribution is 7.18. The average molecular weight is 723 g/mol. The van der Waals surface area contributed by atoms with Crippen molar-refractivity contribution < 1.29 is 19.5 Å². The maximum absolute atomic E-state index is 13.7. The van der Waals surface area contributed by atoms with E-state index in [4.69, 9.17) is 5.10 Å². The smallest absolute Gasteiger partial charge is 0.348 e. The Balaban J connectivity index is 1.14. The van der Waals surface area contributed by atoms with Crippen LogP contribution in [0.5, 0.6) is 0 Å². The number of nitrogens with zero attached hydrogens (tertiary/aromatic N) is 3. The molecule has 4 aromatic carbocycles. The molecule has 0 unspecified atom stereocenters. The lowest BCUT2D eigenvalue weighted by Crippen LogP contribution is -2.38. The molecule has 2 amide bonds. The van der Waals surface area contributed by atoms with Gasteiger partial charge in [0.2, 0.25) is 5.91 Å². The number of hydrogen-bond acceptors (Lipinski definition) is 5. The molecule has 9 heteroatoms. The van der Waals surface area contributed by atoms with Gasteiger partial charge in [0.25, 0.3) is 5.91 Å². The molecule has 1 saturated carbocycles. The monoisotopic (exact) mass is 722 g/mol. The second kappa shape index (κ2) is 15.4. The number of carbonyl (C=O) groups excluding carboxylic acids is 2. The molecule has 268 valence electrons. The van der Waals surface area contributed by atoms with E-state index >= 15 is 0 Å². The van der Waals surface area contributed by atoms with Crippen molar-refractivity contribution in [3.8, 4) is 10.4 Å². The second-order valence-corrected chi connectivity index (χ2v) is 14.7. The first-order valence-electron chi connectivity index (χ1n) is 18.1. The molecule has 6 aromatic rings. The fourth-order valence-corrected chi connectivity index (χ4v) is 8.53. The van der Waals surface area contributed by atoms with Gasteiger partial charge in [-0.1, -0.05) is 110 Å². The van der Waals surface area contributed by atoms with E-state index in [1.807, 2.05) is 84.5 Å². The van der Waals surface area contributed by atoms with Crippen molar-refractivity contribution in [3.05, 3.63) is 161 Å². The van der Waals surface area contributed by atoms with Crippen LogP contribution >= 0.6 is 11.3 Å². The van der Waals surface area contributed by atoms with Crippen molar-refractivity contribution in [2.75, 3.05) is 16.8 Å². The standard InChI is InChI=1S/C44H42N4O4S/c1-3-47(42(50)32-21-19-30(2)20-22-32)38-29-39(53-40(38)43(51)52)31-23-25-36(26-24-31)45-41(49)37-27-28-48(46-37)44(33-13-7-4-8-14-33,34-15-9-5-10-16-34)35-17-11-6-12-18-35/h4-18,23-30,32H,3,19-22H2,1-2H3,(H,45,49)(H,51,52). The molecule has 2 heterocycles. The van der Waals surface area contributed by atoms with E-state index in [2.05, 4.69) is 48.6 Å². The van der Waals surface area contributed by atoms with Crippen LogP contribution in [0, 0.1) is 11.8 Å². The lowest BCUT2D eigenvalue weighted by Gasteiger charge is -2.36. The van der Waals surface area contributed by atoms with Crippen LogP contribution in [0.4, 0.5) is 11.4 Å². The van der Waals surface area contributed by atoms with Gasteiger partial charge in [-0.2, -0.15) is 5.10 Å². The van der Waals surface area contributed by atoms with Crippen LogP contribution in [0.25, 0.3) is 10.4 Å². The van der Waals surface area contributed by atoms with Crippen molar-refractivity contribution >= 4 is 40.5 Å². The van der Waals surface area contributed by atoms with E-state index in [1.165, 1.54) is 0 Å². The zero-order chi connectivity index (χ0) is 37.0. The molecule has 1 fully saturated rings. The normalized spacial score (nSPS) is 15.8. The van der Waals surface area contributed by atoms with Gasteiger partial charge in [-0.25, -0.2) is 4.79 Å². The van der Waals surface area contributed by atoms with Crippen LogP contribution in [-0.2, 0) is 10.3 Å². The number of aromatic carboxylic acids is 1. The number of rotatable bonds is 11. The van der Waals surface area contributed by atoms with Gasteiger partial charge >= 0.3 is 5.97 Å². The SMILES string of the molecule is CCN(C(=O)C1CCC(C)CC1)c1cc(-c2ccc(NC(=O)c3ccn(C(c4ccccc4)(c4ccccc4)c4ccccc4)n3)cc2)sc1C(=O)O. The maximum atomic E-state index is 13.7. The second-order valence-electron chi connectivity index (χ2n) is 13.7. The molecule has 1 aliphatic carbocycles. The van der Waals surface area contributed by atoms with Gasteiger partial charge in [-0.3, -0.25) is 14.3 Å². The summed E-state index contributed by atoms with van der Waals surface area (Å²) in [6.07, 6.45) is 5.53. The lowest BCUT2D eigenvalue weighted by molar-refractivity contribution is -0.123. The number of benzene rings is 4. The minimum absolute atomic E-state index is 0.000277. The number of nitrogens with one attached hydrogen (secondary N) is 1. The van der Waals surface area contributed by atoms with Crippen LogP contribution in [0.2, 0.25) is 0 Å². The van der Waals surface area contributed by atoms with Crippen molar-refractivity contribution in [2.45, 2.75) is 45.1 Å². The Kier molecular flexibility index (Phi) is 10.4. The molecule has 8 nitrogen and oxygen atoms in total. The molecule has 2 N–H and O–H groups in total. The maximum Gasteiger partial charge on any atom is 0.348 e. The van der Waals surface area contributed by atoms with Crippen molar-refractivity contribution in [1.82, 2.24) is 9.78 Å². The molecule has 0 spiro atoms. The fourth-order valence-electron chi connectivity index (χ4n) is 7.53. The predicted octanol–water partition coefficient (Wildman–Crippen LogP) is 9.58. The molecule has 7 rings (SSSR count). The van der Waals surface area contributed by atoms with E-state index in [-0.39, 0.29) is 28.3 Å². The molecule has 0 radical (unpaired) electrons. The molecule has 0 saturated heterocycles. The highest BCUT2D eigenvalue weighted by Crippen LogP contribution is 2.41. The zero-order valence-electron chi connectivity index (χ0n) is 29.8. The third-order valence-electron chi connectivity index (χ3n) is 10.3. The van der Waals surface area contributed by atoms with Crippen molar-refractivity contribution in [1.29, 1.82) is 0 Å². The molecule has 0 atom stereocenters. The number of aromatic nitrogens is 2. The van der Waals surface area contributed by atoms with Gasteiger partial charge in [-0.15, -0.1) is 11.3 Å². The van der Waals surface area contributed by atoms with Crippen LogP contribution in [0.1, 0.15) is 76.4 Å². The van der Waals surface area contributed by atoms with Gasteiger partial charge in [0, 0.05) is 29.2 Å². The topological polar surface area (TPSA) is 105 Å². The van der Waals surface area contributed by atoms with E-state index in [0.717, 1.165) is 64.2 Å². The Morgan fingerprint density at radius 2 is 1.36 bits per heavy atom. The third-order valence-corrected chi connectivity index (χ3v) is 11.5. The quantitative estimate of drug-likeness (QED) is 0.130. The van der Waals surface area contributed by atoms with Gasteiger partial charge < -0.3 is 15.3 Å².